The Hall–Kier alpha value is -2.08. The van der Waals surface area contributed by atoms with Crippen molar-refractivity contribution in [2.45, 2.75) is 12.8 Å². The van der Waals surface area contributed by atoms with Gasteiger partial charge in [-0.05, 0) is 35.4 Å². The van der Waals surface area contributed by atoms with Crippen LogP contribution in [-0.2, 0) is 14.8 Å². The molecule has 1 atom stereocenters. The smallest absolute Gasteiger partial charge is 0.240 e. The largest absolute Gasteiger partial charge is 0.497 e. The third-order valence-electron chi connectivity index (χ3n) is 3.25. The lowest BCUT2D eigenvalue weighted by Gasteiger charge is -2.12. The van der Waals surface area contributed by atoms with Crippen molar-refractivity contribution in [3.63, 3.8) is 0 Å². The molecule has 0 heterocycles. The minimum Gasteiger partial charge on any atom is -0.497 e. The molecule has 0 spiro atoms. The number of carbonyl (C=O) groups is 1. The topological polar surface area (TPSA) is 72.5 Å². The van der Waals surface area contributed by atoms with Crippen molar-refractivity contribution >= 4 is 26.7 Å². The van der Waals surface area contributed by atoms with Gasteiger partial charge in [0.15, 0.2) is 0 Å². The summed E-state index contributed by atoms with van der Waals surface area (Å²) >= 11 is 0. The van der Waals surface area contributed by atoms with E-state index in [0.29, 0.717) is 0 Å². The second-order valence-corrected chi connectivity index (χ2v) is 6.68. The summed E-state index contributed by atoms with van der Waals surface area (Å²) in [5.41, 5.74) is 0.758. The third-order valence-corrected chi connectivity index (χ3v) is 3.82. The zero-order valence-corrected chi connectivity index (χ0v) is 12.9. The first-order chi connectivity index (χ1) is 9.80. The number of fused-ring (bicyclic) bond motifs is 1. The second kappa shape index (κ2) is 5.73. The minimum atomic E-state index is -3.54. The van der Waals surface area contributed by atoms with Crippen LogP contribution >= 0.6 is 0 Å². The van der Waals surface area contributed by atoms with Crippen molar-refractivity contribution < 1.29 is 17.9 Å². The van der Waals surface area contributed by atoms with Crippen LogP contribution in [0.2, 0.25) is 0 Å². The Bertz CT molecular complexity index is 783. The SMILES string of the molecule is COc1ccc2cc([C@@H](C)C(=O)NS(C)(=O)=O)ccc2c1. The van der Waals surface area contributed by atoms with Crippen LogP contribution in [-0.4, -0.2) is 27.7 Å². The van der Waals surface area contributed by atoms with E-state index in [1.54, 1.807) is 14.0 Å². The highest BCUT2D eigenvalue weighted by atomic mass is 32.2. The van der Waals surface area contributed by atoms with E-state index < -0.39 is 21.8 Å². The number of sulfonamides is 1. The fourth-order valence-electron chi connectivity index (χ4n) is 2.06. The van der Waals surface area contributed by atoms with Crippen molar-refractivity contribution in [3.05, 3.63) is 42.0 Å². The fourth-order valence-corrected chi connectivity index (χ4v) is 2.60. The van der Waals surface area contributed by atoms with Gasteiger partial charge in [-0.1, -0.05) is 24.3 Å². The van der Waals surface area contributed by atoms with Gasteiger partial charge >= 0.3 is 0 Å². The number of carbonyl (C=O) groups excluding carboxylic acids is 1. The summed E-state index contributed by atoms with van der Waals surface area (Å²) < 4.78 is 29.4. The van der Waals surface area contributed by atoms with Crippen molar-refractivity contribution in [2.75, 3.05) is 13.4 Å². The Kier molecular flexibility index (Phi) is 4.18. The number of rotatable bonds is 4. The average Bonchev–Trinajstić information content (AvgIpc) is 2.43. The molecule has 5 nitrogen and oxygen atoms in total. The minimum absolute atomic E-state index is 0.537. The first kappa shape index (κ1) is 15.3. The number of amides is 1. The van der Waals surface area contributed by atoms with E-state index in [9.17, 15) is 13.2 Å². The molecule has 21 heavy (non-hydrogen) atoms. The molecule has 0 saturated carbocycles. The lowest BCUT2D eigenvalue weighted by molar-refractivity contribution is -0.120. The van der Waals surface area contributed by atoms with E-state index in [-0.39, 0.29) is 0 Å². The molecule has 0 radical (unpaired) electrons. The quantitative estimate of drug-likeness (QED) is 0.938. The number of benzene rings is 2. The Morgan fingerprint density at radius 2 is 1.76 bits per heavy atom. The molecule has 112 valence electrons. The standard InChI is InChI=1S/C15H17NO4S/c1-10(15(17)16-21(3,18)19)11-4-5-13-9-14(20-2)7-6-12(13)8-11/h4-10H,1-3H3,(H,16,17)/t10-/m1/s1. The Morgan fingerprint density at radius 3 is 2.38 bits per heavy atom. The van der Waals surface area contributed by atoms with E-state index in [2.05, 4.69) is 0 Å². The van der Waals surface area contributed by atoms with Crippen LogP contribution in [0.5, 0.6) is 5.75 Å². The molecule has 1 N–H and O–H groups in total. The predicted molar refractivity (Wildman–Crippen MR) is 81.9 cm³/mol. The second-order valence-electron chi connectivity index (χ2n) is 4.93. The molecule has 2 aromatic carbocycles. The van der Waals surface area contributed by atoms with Gasteiger partial charge in [0.1, 0.15) is 5.75 Å². The number of nitrogens with one attached hydrogen (secondary N) is 1. The Labute approximate surface area is 124 Å². The van der Waals surface area contributed by atoms with Gasteiger partial charge < -0.3 is 4.74 Å². The van der Waals surface area contributed by atoms with Gasteiger partial charge in [0.2, 0.25) is 15.9 Å². The molecular formula is C15H17NO4S. The fraction of sp³-hybridized carbons (Fsp3) is 0.267. The number of hydrogen-bond acceptors (Lipinski definition) is 4. The normalized spacial score (nSPS) is 12.9. The van der Waals surface area contributed by atoms with Crippen molar-refractivity contribution in [2.24, 2.45) is 0 Å². The molecule has 0 unspecified atom stereocenters. The maximum atomic E-state index is 11.9. The molecule has 0 aliphatic carbocycles. The van der Waals surface area contributed by atoms with Crippen molar-refractivity contribution in [1.29, 1.82) is 0 Å². The Morgan fingerprint density at radius 1 is 1.14 bits per heavy atom. The summed E-state index contributed by atoms with van der Waals surface area (Å²) in [4.78, 5) is 11.9. The monoisotopic (exact) mass is 307 g/mol. The summed E-state index contributed by atoms with van der Waals surface area (Å²) in [5, 5.41) is 1.96. The predicted octanol–water partition coefficient (Wildman–Crippen LogP) is 2.03. The van der Waals surface area contributed by atoms with E-state index in [1.807, 2.05) is 41.1 Å². The van der Waals surface area contributed by atoms with Crippen molar-refractivity contribution in [3.8, 4) is 5.75 Å². The summed E-state index contributed by atoms with van der Waals surface area (Å²) in [6.07, 6.45) is 0.963. The van der Waals surface area contributed by atoms with Crippen LogP contribution < -0.4 is 9.46 Å². The maximum absolute atomic E-state index is 11.9. The zero-order valence-electron chi connectivity index (χ0n) is 12.1. The van der Waals surface area contributed by atoms with Gasteiger partial charge in [-0.25, -0.2) is 8.42 Å². The molecule has 2 rings (SSSR count). The lowest BCUT2D eigenvalue weighted by atomic mass is 9.97. The van der Waals surface area contributed by atoms with Crippen LogP contribution in [0.25, 0.3) is 10.8 Å². The molecule has 0 aliphatic heterocycles. The van der Waals surface area contributed by atoms with Crippen LogP contribution in [0.3, 0.4) is 0 Å². The highest BCUT2D eigenvalue weighted by Gasteiger charge is 2.18. The maximum Gasteiger partial charge on any atom is 0.240 e. The van der Waals surface area contributed by atoms with E-state index >= 15 is 0 Å². The molecule has 0 aromatic heterocycles. The van der Waals surface area contributed by atoms with Gasteiger partial charge in [-0.2, -0.15) is 0 Å². The molecular weight excluding hydrogens is 290 g/mol. The van der Waals surface area contributed by atoms with E-state index in [4.69, 9.17) is 4.74 Å². The molecule has 2 aromatic rings. The molecule has 6 heteroatoms. The Balaban J connectivity index is 2.32. The van der Waals surface area contributed by atoms with Gasteiger partial charge in [-0.15, -0.1) is 0 Å². The highest BCUT2D eigenvalue weighted by Crippen LogP contribution is 2.25. The number of ether oxygens (including phenoxy) is 1. The molecule has 0 bridgehead atoms. The van der Waals surface area contributed by atoms with Crippen LogP contribution in [0.1, 0.15) is 18.4 Å². The molecule has 0 fully saturated rings. The third kappa shape index (κ3) is 3.72. The van der Waals surface area contributed by atoms with Crippen LogP contribution in [0, 0.1) is 0 Å². The summed E-state index contributed by atoms with van der Waals surface area (Å²) in [5.74, 6) is -0.324. The molecule has 0 saturated heterocycles. The lowest BCUT2D eigenvalue weighted by Crippen LogP contribution is -2.32. The number of hydrogen-bond donors (Lipinski definition) is 1. The van der Waals surface area contributed by atoms with Gasteiger partial charge in [-0.3, -0.25) is 9.52 Å². The summed E-state index contributed by atoms with van der Waals surface area (Å²) in [7, 11) is -1.94. The first-order valence-electron chi connectivity index (χ1n) is 6.39. The van der Waals surface area contributed by atoms with Crippen LogP contribution in [0.4, 0.5) is 0 Å². The summed E-state index contributed by atoms with van der Waals surface area (Å²) in [6.45, 7) is 1.67. The highest BCUT2D eigenvalue weighted by molar-refractivity contribution is 7.89. The van der Waals surface area contributed by atoms with E-state index in [1.165, 1.54) is 0 Å². The van der Waals surface area contributed by atoms with Gasteiger partial charge in [0, 0.05) is 0 Å². The summed E-state index contributed by atoms with van der Waals surface area (Å²) in [6, 6.07) is 11.2. The number of methoxy groups -OCH3 is 1. The first-order valence-corrected chi connectivity index (χ1v) is 8.28. The molecule has 0 aliphatic rings. The van der Waals surface area contributed by atoms with Crippen LogP contribution in [0.15, 0.2) is 36.4 Å². The zero-order chi connectivity index (χ0) is 15.6. The average molecular weight is 307 g/mol. The van der Waals surface area contributed by atoms with Gasteiger partial charge in [0.05, 0.1) is 19.3 Å². The van der Waals surface area contributed by atoms with Gasteiger partial charge in [0.25, 0.3) is 0 Å². The van der Waals surface area contributed by atoms with Crippen molar-refractivity contribution in [1.82, 2.24) is 4.72 Å². The van der Waals surface area contributed by atoms with E-state index in [0.717, 1.165) is 28.3 Å². The molecule has 1 amide bonds.